The molecule has 2 aromatic carbocycles. The lowest BCUT2D eigenvalue weighted by atomic mass is 9.57. The van der Waals surface area contributed by atoms with Crippen molar-refractivity contribution in [3.8, 4) is 0 Å². The quantitative estimate of drug-likeness (QED) is 0.0248. The maximum atomic E-state index is 13.1. The SMILES string of the molecule is CCN1/C2=C/C=C/C3=[N+](CCCCCC(=O)NCCNC(=O)O[C@H]4[C@@H](O)[C@H](n5cnc6c(N)ncnc65)O[C@@H]4COP(=O)(O)OP(=O)(O)OP(=O)(O)O)c4ccc(S(=O)(=O)O)cc4C3(C)C(C)C2(C)c2cc(S(=O)(=O)O)ccc21. The Balaban J connectivity index is 0.891. The Kier molecular flexibility index (Phi) is 16.8. The van der Waals surface area contributed by atoms with E-state index in [9.17, 15) is 64.1 Å². The number of carbonyl (C=O) groups excluding carboxylic acids is 2. The molecule has 0 bridgehead atoms. The molecule has 5 unspecified atom stereocenters. The molecule has 2 aromatic heterocycles. The van der Waals surface area contributed by atoms with E-state index in [1.165, 1.54) is 28.8 Å². The maximum Gasteiger partial charge on any atom is 0.490 e. The minimum atomic E-state index is -5.91. The van der Waals surface area contributed by atoms with Gasteiger partial charge in [-0.15, -0.1) is 0 Å². The van der Waals surface area contributed by atoms with E-state index in [1.54, 1.807) is 12.1 Å². The molecule has 3 aliphatic heterocycles. The van der Waals surface area contributed by atoms with Gasteiger partial charge in [0.15, 0.2) is 29.5 Å². The molecular weight excluding hydrogens is 1150 g/mol. The fraction of sp³-hybridized carbons (Fsp3) is 0.455. The third-order valence-corrected chi connectivity index (χ3v) is 20.0. The van der Waals surface area contributed by atoms with Crippen LogP contribution in [-0.2, 0) is 72.2 Å². The second-order valence-electron chi connectivity index (χ2n) is 19.1. The number of carbonyl (C=O) groups is 2. The van der Waals surface area contributed by atoms with Gasteiger partial charge in [0.05, 0.1) is 28.1 Å². The summed E-state index contributed by atoms with van der Waals surface area (Å²) in [5.74, 6) is -0.823. The summed E-state index contributed by atoms with van der Waals surface area (Å²) < 4.78 is 132. The highest BCUT2D eigenvalue weighted by Gasteiger charge is 2.61. The predicted octanol–water partition coefficient (Wildman–Crippen LogP) is 3.22. The van der Waals surface area contributed by atoms with E-state index in [4.69, 9.17) is 29.5 Å². The van der Waals surface area contributed by atoms with Crippen molar-refractivity contribution in [2.75, 3.05) is 43.4 Å². The molecule has 4 aliphatic rings. The maximum absolute atomic E-state index is 13.1. The molecule has 430 valence electrons. The zero-order valence-electron chi connectivity index (χ0n) is 42.4. The topological polar surface area (TPSA) is 441 Å². The smallest absolute Gasteiger partial charge is 0.440 e. The highest BCUT2D eigenvalue weighted by molar-refractivity contribution is 7.86. The molecular formula is C44H57N9O21P3S2+. The van der Waals surface area contributed by atoms with Crippen LogP contribution >= 0.6 is 23.5 Å². The number of nitrogens with one attached hydrogen (secondary N) is 2. The largest absolute Gasteiger partial charge is 0.490 e. The Morgan fingerprint density at radius 2 is 1.56 bits per heavy atom. The van der Waals surface area contributed by atoms with Gasteiger partial charge in [-0.2, -0.15) is 30.0 Å². The van der Waals surface area contributed by atoms with E-state index in [0.717, 1.165) is 29.8 Å². The second-order valence-corrected chi connectivity index (χ2v) is 26.4. The number of benzene rings is 2. The summed E-state index contributed by atoms with van der Waals surface area (Å²) in [6.07, 6.45) is 1.80. The molecule has 30 nitrogen and oxygen atoms in total. The van der Waals surface area contributed by atoms with Crippen LogP contribution in [0.2, 0.25) is 0 Å². The predicted molar refractivity (Wildman–Crippen MR) is 276 cm³/mol. The number of nitrogens with two attached hydrogens (primary N) is 1. The zero-order chi connectivity index (χ0) is 57.8. The molecule has 0 spiro atoms. The van der Waals surface area contributed by atoms with E-state index in [1.807, 2.05) is 45.9 Å². The summed E-state index contributed by atoms with van der Waals surface area (Å²) in [7, 11) is -26.6. The number of ether oxygens (including phenoxy) is 2. The van der Waals surface area contributed by atoms with Crippen LogP contribution in [0.25, 0.3) is 11.2 Å². The van der Waals surface area contributed by atoms with Crippen LogP contribution in [0.4, 0.5) is 22.0 Å². The highest BCUT2D eigenvalue weighted by atomic mass is 32.2. The molecule has 11 N–H and O–H groups in total. The third kappa shape index (κ3) is 12.2. The van der Waals surface area contributed by atoms with Gasteiger partial charge in [-0.3, -0.25) is 23.0 Å². The first kappa shape index (κ1) is 59.7. The number of amides is 2. The first-order chi connectivity index (χ1) is 36.8. The summed E-state index contributed by atoms with van der Waals surface area (Å²) in [6, 6.07) is 8.93. The number of aliphatic hydroxyl groups is 1. The number of nitrogen functional groups attached to an aromatic ring is 1. The number of hydrogen-bond acceptors (Lipinski definition) is 20. The lowest BCUT2D eigenvalue weighted by Gasteiger charge is -2.44. The number of nitrogens with zero attached hydrogens (tertiary/aromatic N) is 6. The number of phosphoric acid groups is 3. The third-order valence-electron chi connectivity index (χ3n) is 14.5. The fourth-order valence-electron chi connectivity index (χ4n) is 10.7. The lowest BCUT2D eigenvalue weighted by Crippen LogP contribution is -2.49. The number of fused-ring (bicyclic) bond motifs is 7. The van der Waals surface area contributed by atoms with Crippen molar-refractivity contribution in [1.82, 2.24) is 30.2 Å². The van der Waals surface area contributed by atoms with Crippen molar-refractivity contribution in [1.29, 1.82) is 0 Å². The van der Waals surface area contributed by atoms with Crippen molar-refractivity contribution in [3.63, 3.8) is 0 Å². The molecule has 0 saturated carbocycles. The normalized spacial score (nSPS) is 26.4. The Hall–Kier alpha value is -5.37. The molecule has 79 heavy (non-hydrogen) atoms. The average Bonchev–Trinajstić information content (AvgIpc) is 4.08. The van der Waals surface area contributed by atoms with E-state index >= 15 is 0 Å². The van der Waals surface area contributed by atoms with Crippen molar-refractivity contribution in [2.24, 2.45) is 5.92 Å². The van der Waals surface area contributed by atoms with Gasteiger partial charge in [0.1, 0.15) is 30.6 Å². The molecule has 1 fully saturated rings. The van der Waals surface area contributed by atoms with Gasteiger partial charge >= 0.3 is 29.6 Å². The number of unbranched alkanes of at least 4 members (excludes halogenated alkanes) is 2. The minimum absolute atomic E-state index is 0.0409. The number of phosphoric ester groups is 1. The Morgan fingerprint density at radius 1 is 0.886 bits per heavy atom. The van der Waals surface area contributed by atoms with Crippen molar-refractivity contribution < 1.29 is 101 Å². The van der Waals surface area contributed by atoms with Crippen molar-refractivity contribution in [3.05, 3.63) is 84.1 Å². The van der Waals surface area contributed by atoms with Gasteiger partial charge in [-0.25, -0.2) is 33.4 Å². The fourth-order valence-corrected chi connectivity index (χ4v) is 14.7. The number of alkyl carbamates (subject to hydrolysis) is 1. The molecule has 1 aliphatic carbocycles. The first-order valence-electron chi connectivity index (χ1n) is 24.1. The molecule has 9 atom stereocenters. The first-order valence-corrected chi connectivity index (χ1v) is 31.5. The van der Waals surface area contributed by atoms with E-state index in [-0.39, 0.29) is 52.2 Å². The van der Waals surface area contributed by atoms with Gasteiger partial charge < -0.3 is 55.4 Å². The van der Waals surface area contributed by atoms with E-state index in [2.05, 4.69) is 43.7 Å². The average molecular weight is 1210 g/mol. The number of allylic oxidation sites excluding steroid dienone is 4. The molecule has 0 radical (unpaired) electrons. The number of aromatic nitrogens is 4. The lowest BCUT2D eigenvalue weighted by molar-refractivity contribution is -0.438. The van der Waals surface area contributed by atoms with Crippen molar-refractivity contribution in [2.45, 2.75) is 98.5 Å². The summed E-state index contributed by atoms with van der Waals surface area (Å²) >= 11 is 0. The van der Waals surface area contributed by atoms with Crippen LogP contribution in [0.1, 0.15) is 70.7 Å². The number of aliphatic hydroxyl groups excluding tert-OH is 1. The van der Waals surface area contributed by atoms with Crippen LogP contribution in [0.5, 0.6) is 0 Å². The number of likely N-dealkylation sites (N-methyl/N-ethyl adjacent to an activating group) is 1. The van der Waals surface area contributed by atoms with Gasteiger partial charge in [0.25, 0.3) is 20.2 Å². The summed E-state index contributed by atoms with van der Waals surface area (Å²) in [5, 5.41) is 16.4. The van der Waals surface area contributed by atoms with Crippen LogP contribution in [0.3, 0.4) is 0 Å². The van der Waals surface area contributed by atoms with Crippen LogP contribution in [-0.4, -0.2) is 144 Å². The van der Waals surface area contributed by atoms with Gasteiger partial charge in [0.2, 0.25) is 11.6 Å². The van der Waals surface area contributed by atoms with Crippen LogP contribution in [0.15, 0.2) is 82.8 Å². The van der Waals surface area contributed by atoms with Gasteiger partial charge in [-0.05, 0) is 81.5 Å². The molecule has 2 amide bonds. The number of hydrogen-bond donors (Lipinski definition) is 10. The zero-order valence-corrected chi connectivity index (χ0v) is 46.7. The summed E-state index contributed by atoms with van der Waals surface area (Å²) in [5.41, 5.74) is 8.54. The molecule has 35 heteroatoms. The van der Waals surface area contributed by atoms with Crippen LogP contribution < -0.4 is 21.3 Å². The summed E-state index contributed by atoms with van der Waals surface area (Å²) in [4.78, 5) is 76.8. The Labute approximate surface area is 451 Å². The van der Waals surface area contributed by atoms with Crippen LogP contribution in [0, 0.1) is 5.92 Å². The molecule has 5 heterocycles. The molecule has 8 rings (SSSR count). The van der Waals surface area contributed by atoms with Gasteiger partial charge in [0, 0.05) is 67.0 Å². The standard InChI is InChI=1S/C44H56N9O21P3S2/c1-5-51-30-15-13-26(78(64,65)66)20-28(30)43(3)25(2)44(4)29-21-27(79(67,68)69)14-16-31(29)52(34(44)11-9-10-33(43)51)19-8-6-7-12-35(54)46-17-18-47-42(56)72-38-32(22-70-76(60,61)74-77(62,63)73-75(57,58)59)71-41(37(38)55)53-24-50-36-39(45)48-23-49-40(36)53/h9-11,13-16,20-21,23-25,32,37-38,41,55H,5-8,12,17-19,22H2,1-4H3,(H9-,45,46,47,48,49,54,56,57,58,59,60,61,62,63,64,65,66,67,68,69)/p+1/t25?,32-,37-,38-,41-,43?,44?/m1/s1. The number of anilines is 2. The highest BCUT2D eigenvalue weighted by Crippen LogP contribution is 2.66. The Morgan fingerprint density at radius 3 is 2.23 bits per heavy atom. The van der Waals surface area contributed by atoms with E-state index in [0.29, 0.717) is 49.2 Å². The van der Waals surface area contributed by atoms with E-state index < -0.39 is 97.7 Å². The second kappa shape index (κ2) is 22.2. The monoisotopic (exact) mass is 1200 g/mol. The summed E-state index contributed by atoms with van der Waals surface area (Å²) in [6.45, 7) is 7.49. The molecule has 4 aromatic rings. The Bertz CT molecular complexity index is 3580. The van der Waals surface area contributed by atoms with Gasteiger partial charge in [-0.1, -0.05) is 13.0 Å². The number of rotatable bonds is 21. The molecule has 1 saturated heterocycles. The number of imidazole rings is 1. The minimum Gasteiger partial charge on any atom is -0.440 e. The van der Waals surface area contributed by atoms with Crippen molar-refractivity contribution >= 4 is 89.8 Å².